The van der Waals surface area contributed by atoms with E-state index in [0.29, 0.717) is 38.9 Å². The van der Waals surface area contributed by atoms with Crippen LogP contribution < -0.4 is 25.4 Å². The van der Waals surface area contributed by atoms with E-state index in [4.69, 9.17) is 15.2 Å². The van der Waals surface area contributed by atoms with E-state index in [1.165, 1.54) is 31.4 Å². The molecule has 3 aromatic rings. The predicted octanol–water partition coefficient (Wildman–Crippen LogP) is 5.47. The molecule has 2 fully saturated rings. The van der Waals surface area contributed by atoms with Gasteiger partial charge in [-0.05, 0) is 54.0 Å². The second-order valence-electron chi connectivity index (χ2n) is 11.0. The number of carboxylic acid groups (broad SMARTS) is 1. The number of alkyl halides is 6. The second kappa shape index (κ2) is 11.7. The maximum Gasteiger partial charge on any atom is 0.429 e. The van der Waals surface area contributed by atoms with Gasteiger partial charge in [-0.2, -0.15) is 36.3 Å². The monoisotopic (exact) mass is 625 g/mol. The number of aliphatic carboxylic acids is 1. The number of benzene rings is 2. The van der Waals surface area contributed by atoms with E-state index in [1.807, 2.05) is 4.90 Å². The SMILES string of the molecule is COc1cc(-c2ccc([C@@H](Oc3cc(N4CCC5(CC4)CN[C@H](C(=O)O)C5)nc(N)n3)C(F)(F)F)cc2)cc(C(F)(F)F)c1. The number of nitrogens with zero attached hydrogens (tertiary/aromatic N) is 3. The van der Waals surface area contributed by atoms with Crippen LogP contribution in [-0.4, -0.2) is 60.0 Å². The summed E-state index contributed by atoms with van der Waals surface area (Å²) in [5.41, 5.74) is 4.72. The number of ether oxygens (including phenoxy) is 2. The first kappa shape index (κ1) is 31.2. The lowest BCUT2D eigenvalue weighted by molar-refractivity contribution is -0.198. The van der Waals surface area contributed by atoms with E-state index >= 15 is 0 Å². The number of nitrogen functional groups attached to an aromatic ring is 1. The first-order chi connectivity index (χ1) is 20.7. The van der Waals surface area contributed by atoms with Crippen molar-refractivity contribution in [3.63, 3.8) is 0 Å². The van der Waals surface area contributed by atoms with Crippen molar-refractivity contribution in [1.29, 1.82) is 0 Å². The molecule has 0 bridgehead atoms. The van der Waals surface area contributed by atoms with Crippen LogP contribution >= 0.6 is 0 Å². The van der Waals surface area contributed by atoms with Crippen LogP contribution in [0.15, 0.2) is 48.5 Å². The number of anilines is 2. The van der Waals surface area contributed by atoms with Crippen molar-refractivity contribution in [2.45, 2.75) is 43.8 Å². The van der Waals surface area contributed by atoms with Gasteiger partial charge in [-0.15, -0.1) is 0 Å². The van der Waals surface area contributed by atoms with Crippen molar-refractivity contribution in [3.05, 3.63) is 59.7 Å². The number of nitrogens with one attached hydrogen (secondary N) is 1. The highest BCUT2D eigenvalue weighted by molar-refractivity contribution is 5.74. The van der Waals surface area contributed by atoms with Crippen molar-refractivity contribution < 1.29 is 45.7 Å². The summed E-state index contributed by atoms with van der Waals surface area (Å²) in [6.45, 7) is 1.52. The van der Waals surface area contributed by atoms with Gasteiger partial charge in [0.2, 0.25) is 17.9 Å². The fourth-order valence-electron chi connectivity index (χ4n) is 5.68. The maximum absolute atomic E-state index is 14.2. The fourth-order valence-corrected chi connectivity index (χ4v) is 5.68. The lowest BCUT2D eigenvalue weighted by atomic mass is 9.76. The molecule has 9 nitrogen and oxygen atoms in total. The molecule has 0 unspecified atom stereocenters. The number of piperidine rings is 1. The summed E-state index contributed by atoms with van der Waals surface area (Å²) in [6, 6.07) is 8.49. The zero-order chi connectivity index (χ0) is 31.9. The molecular weight excluding hydrogens is 596 g/mol. The standard InChI is InChI=1S/C29H29F6N5O4/c1-43-20-11-18(10-19(12-20)28(30,31)32)16-2-4-17(5-3-16)24(29(33,34)35)44-23-13-22(38-26(36)39-23)40-8-6-27(7-9-40)14-21(25(41)42)37-15-27/h2-5,10-13,21,24,37H,6-9,14-15H2,1H3,(H,41,42)(H2,36,38,39)/t21-,24+/m0/s1. The van der Waals surface area contributed by atoms with Crippen LogP contribution in [0.25, 0.3) is 11.1 Å². The molecule has 5 rings (SSSR count). The van der Waals surface area contributed by atoms with Gasteiger partial charge < -0.3 is 30.5 Å². The molecule has 4 N–H and O–H groups in total. The Morgan fingerprint density at radius 2 is 1.73 bits per heavy atom. The van der Waals surface area contributed by atoms with Gasteiger partial charge in [0.1, 0.15) is 17.6 Å². The summed E-state index contributed by atoms with van der Waals surface area (Å²) in [6.07, 6.45) is -10.2. The van der Waals surface area contributed by atoms with Gasteiger partial charge >= 0.3 is 18.3 Å². The average Bonchev–Trinajstić information content (AvgIpc) is 3.38. The Morgan fingerprint density at radius 3 is 2.30 bits per heavy atom. The van der Waals surface area contributed by atoms with Crippen molar-refractivity contribution in [1.82, 2.24) is 15.3 Å². The molecule has 0 radical (unpaired) electrons. The minimum absolute atomic E-state index is 0.0548. The highest BCUT2D eigenvalue weighted by Gasteiger charge is 2.45. The molecule has 2 aliphatic rings. The highest BCUT2D eigenvalue weighted by Crippen LogP contribution is 2.42. The van der Waals surface area contributed by atoms with E-state index in [-0.39, 0.29) is 39.6 Å². The van der Waals surface area contributed by atoms with Gasteiger partial charge in [-0.3, -0.25) is 4.79 Å². The number of rotatable bonds is 7. The molecule has 2 atom stereocenters. The highest BCUT2D eigenvalue weighted by atomic mass is 19.4. The number of halogens is 6. The van der Waals surface area contributed by atoms with Crippen molar-refractivity contribution in [2.75, 3.05) is 37.4 Å². The van der Waals surface area contributed by atoms with Gasteiger partial charge in [0.25, 0.3) is 0 Å². The van der Waals surface area contributed by atoms with Gasteiger partial charge in [-0.1, -0.05) is 24.3 Å². The zero-order valence-corrected chi connectivity index (χ0v) is 23.4. The fraction of sp³-hybridized carbons (Fsp3) is 0.414. The molecule has 2 aliphatic heterocycles. The lowest BCUT2D eigenvalue weighted by Crippen LogP contribution is -2.41. The van der Waals surface area contributed by atoms with Crippen LogP contribution in [0.4, 0.5) is 38.1 Å². The molecule has 236 valence electrons. The van der Waals surface area contributed by atoms with Crippen LogP contribution in [-0.2, 0) is 11.0 Å². The second-order valence-corrected chi connectivity index (χ2v) is 11.0. The van der Waals surface area contributed by atoms with Crippen LogP contribution in [0.2, 0.25) is 0 Å². The van der Waals surface area contributed by atoms with Crippen molar-refractivity contribution in [3.8, 4) is 22.8 Å². The van der Waals surface area contributed by atoms with Crippen LogP contribution in [0.3, 0.4) is 0 Å². The third kappa shape index (κ3) is 6.77. The van der Waals surface area contributed by atoms with Crippen molar-refractivity contribution >= 4 is 17.7 Å². The number of aromatic nitrogens is 2. The molecule has 0 saturated carbocycles. The summed E-state index contributed by atoms with van der Waals surface area (Å²) >= 11 is 0. The molecule has 0 amide bonds. The Bertz CT molecular complexity index is 1510. The van der Waals surface area contributed by atoms with E-state index < -0.39 is 41.9 Å². The number of hydrogen-bond acceptors (Lipinski definition) is 8. The number of methoxy groups -OCH3 is 1. The van der Waals surface area contributed by atoms with Gasteiger partial charge in [-0.25, -0.2) is 0 Å². The quantitative estimate of drug-likeness (QED) is 0.294. The summed E-state index contributed by atoms with van der Waals surface area (Å²) in [7, 11) is 1.21. The molecule has 0 aliphatic carbocycles. The molecule has 1 aromatic heterocycles. The average molecular weight is 626 g/mol. The topological polar surface area (TPSA) is 123 Å². The van der Waals surface area contributed by atoms with E-state index in [0.717, 1.165) is 24.3 Å². The first-order valence-electron chi connectivity index (χ1n) is 13.6. The summed E-state index contributed by atoms with van der Waals surface area (Å²) in [5, 5.41) is 12.3. The molecule has 1 spiro atoms. The third-order valence-electron chi connectivity index (χ3n) is 8.07. The predicted molar refractivity (Wildman–Crippen MR) is 147 cm³/mol. The number of hydrogen-bond donors (Lipinski definition) is 3. The minimum atomic E-state index is -4.88. The molecular formula is C29H29F6N5O4. The lowest BCUT2D eigenvalue weighted by Gasteiger charge is -2.39. The summed E-state index contributed by atoms with van der Waals surface area (Å²) < 4.78 is 93.0. The summed E-state index contributed by atoms with van der Waals surface area (Å²) in [5.74, 6) is -1.38. The largest absolute Gasteiger partial charge is 0.497 e. The Balaban J connectivity index is 1.35. The van der Waals surface area contributed by atoms with E-state index in [2.05, 4.69) is 15.3 Å². The zero-order valence-electron chi connectivity index (χ0n) is 23.4. The molecule has 44 heavy (non-hydrogen) atoms. The summed E-state index contributed by atoms with van der Waals surface area (Å²) in [4.78, 5) is 21.2. The van der Waals surface area contributed by atoms with Crippen LogP contribution in [0.5, 0.6) is 11.6 Å². The Hall–Kier alpha value is -4.27. The Kier molecular flexibility index (Phi) is 8.27. The molecule has 2 aromatic carbocycles. The van der Waals surface area contributed by atoms with E-state index in [9.17, 15) is 36.2 Å². The number of nitrogens with two attached hydrogens (primary N) is 1. The Labute approximate surface area is 248 Å². The third-order valence-corrected chi connectivity index (χ3v) is 8.07. The minimum Gasteiger partial charge on any atom is -0.497 e. The van der Waals surface area contributed by atoms with Crippen LogP contribution in [0.1, 0.15) is 36.5 Å². The van der Waals surface area contributed by atoms with Gasteiger partial charge in [0.15, 0.2) is 0 Å². The van der Waals surface area contributed by atoms with Crippen LogP contribution in [0, 0.1) is 5.41 Å². The first-order valence-corrected chi connectivity index (χ1v) is 13.6. The normalized spacial score (nSPS) is 19.2. The number of carbonyl (C=O) groups is 1. The Morgan fingerprint density at radius 1 is 1.05 bits per heavy atom. The molecule has 2 saturated heterocycles. The smallest absolute Gasteiger partial charge is 0.429 e. The molecule has 3 heterocycles. The molecule has 15 heteroatoms. The maximum atomic E-state index is 14.2. The van der Waals surface area contributed by atoms with E-state index in [1.54, 1.807) is 0 Å². The number of carboxylic acids is 1. The van der Waals surface area contributed by atoms with Gasteiger partial charge in [0.05, 0.1) is 12.7 Å². The van der Waals surface area contributed by atoms with Gasteiger partial charge in [0, 0.05) is 31.3 Å². The van der Waals surface area contributed by atoms with Crippen molar-refractivity contribution in [2.24, 2.45) is 5.41 Å².